The smallest absolute Gasteiger partial charge is 0.253 e. The molecule has 3 aromatic carbocycles. The van der Waals surface area contributed by atoms with Crippen LogP contribution in [-0.4, -0.2) is 57.3 Å². The van der Waals surface area contributed by atoms with E-state index in [9.17, 15) is 9.59 Å². The van der Waals surface area contributed by atoms with Crippen molar-refractivity contribution in [1.82, 2.24) is 25.1 Å². The quantitative estimate of drug-likeness (QED) is 0.154. The first-order valence-electron chi connectivity index (χ1n) is 15.1. The predicted octanol–water partition coefficient (Wildman–Crippen LogP) is 6.00. The molecule has 2 aromatic heterocycles. The Balaban J connectivity index is 1.19. The Hall–Kier alpha value is -4.94. The van der Waals surface area contributed by atoms with Crippen molar-refractivity contribution in [3.63, 3.8) is 0 Å². The van der Waals surface area contributed by atoms with Crippen LogP contribution in [0.1, 0.15) is 44.6 Å². The number of hydrogen-bond donors (Lipinski definition) is 1. The van der Waals surface area contributed by atoms with E-state index in [2.05, 4.69) is 27.6 Å². The normalized spacial score (nSPS) is 14.1. The highest BCUT2D eigenvalue weighted by Gasteiger charge is 2.33. The molecule has 6 rings (SSSR count). The van der Waals surface area contributed by atoms with E-state index in [1.807, 2.05) is 64.5 Å². The van der Waals surface area contributed by atoms with Crippen LogP contribution in [0.2, 0.25) is 0 Å². The number of nitrogens with one attached hydrogen (secondary N) is 1. The van der Waals surface area contributed by atoms with Crippen molar-refractivity contribution < 1.29 is 19.1 Å². The van der Waals surface area contributed by atoms with Crippen molar-refractivity contribution in [2.75, 3.05) is 20.0 Å². The second-order valence-electron chi connectivity index (χ2n) is 10.7. The minimum Gasteiger partial charge on any atom is -0.497 e. The second-order valence-corrected chi connectivity index (χ2v) is 12.6. The predicted molar refractivity (Wildman–Crippen MR) is 183 cm³/mol. The third-order valence-corrected chi connectivity index (χ3v) is 9.69. The SMILES string of the molecule is COc1ccc(C(=O)NCc2nnc(SCC(=O)N3N=C(c4cccs4)CC3c3ccc(OC)cc3)n2CCc2ccccc2)cc1. The first-order chi connectivity index (χ1) is 23.0. The number of hydrogen-bond acceptors (Lipinski definition) is 9. The van der Waals surface area contributed by atoms with Gasteiger partial charge in [-0.2, -0.15) is 5.10 Å². The maximum atomic E-state index is 13.8. The number of nitrogens with zero attached hydrogens (tertiary/aromatic N) is 5. The van der Waals surface area contributed by atoms with Crippen molar-refractivity contribution in [3.05, 3.63) is 124 Å². The monoisotopic (exact) mass is 666 g/mol. The van der Waals surface area contributed by atoms with Crippen LogP contribution in [0.3, 0.4) is 0 Å². The summed E-state index contributed by atoms with van der Waals surface area (Å²) in [7, 11) is 3.22. The Kier molecular flexibility index (Phi) is 10.3. The summed E-state index contributed by atoms with van der Waals surface area (Å²) in [5.41, 5.74) is 3.55. The van der Waals surface area contributed by atoms with Gasteiger partial charge in [0.05, 0.1) is 43.1 Å². The molecule has 1 N–H and O–H groups in total. The van der Waals surface area contributed by atoms with E-state index in [0.29, 0.717) is 35.3 Å². The summed E-state index contributed by atoms with van der Waals surface area (Å²) in [6.07, 6.45) is 1.36. The van der Waals surface area contributed by atoms with Crippen molar-refractivity contribution in [2.24, 2.45) is 5.10 Å². The van der Waals surface area contributed by atoms with Crippen molar-refractivity contribution in [3.8, 4) is 11.5 Å². The molecule has 0 saturated carbocycles. The van der Waals surface area contributed by atoms with Crippen LogP contribution in [-0.2, 0) is 24.3 Å². The Morgan fingerprint density at radius 1 is 0.915 bits per heavy atom. The first-order valence-corrected chi connectivity index (χ1v) is 17.0. The van der Waals surface area contributed by atoms with Crippen LogP contribution in [0.5, 0.6) is 11.5 Å². The summed E-state index contributed by atoms with van der Waals surface area (Å²) >= 11 is 2.93. The van der Waals surface area contributed by atoms with E-state index < -0.39 is 0 Å². The van der Waals surface area contributed by atoms with Gasteiger partial charge in [-0.05, 0) is 65.4 Å². The lowest BCUT2D eigenvalue weighted by molar-refractivity contribution is -0.130. The summed E-state index contributed by atoms with van der Waals surface area (Å²) < 4.78 is 12.5. The van der Waals surface area contributed by atoms with E-state index in [-0.39, 0.29) is 30.2 Å². The fourth-order valence-electron chi connectivity index (χ4n) is 5.28. The molecule has 3 heterocycles. The lowest BCUT2D eigenvalue weighted by Gasteiger charge is -2.22. The second kappa shape index (κ2) is 15.1. The van der Waals surface area contributed by atoms with Crippen LogP contribution >= 0.6 is 23.1 Å². The van der Waals surface area contributed by atoms with E-state index in [1.54, 1.807) is 54.8 Å². The molecule has 0 fully saturated rings. The maximum Gasteiger partial charge on any atom is 0.253 e. The molecular weight excluding hydrogens is 633 g/mol. The van der Waals surface area contributed by atoms with Crippen LogP contribution < -0.4 is 14.8 Å². The third kappa shape index (κ3) is 7.72. The van der Waals surface area contributed by atoms with Gasteiger partial charge in [0.2, 0.25) is 0 Å². The van der Waals surface area contributed by atoms with E-state index >= 15 is 0 Å². The largest absolute Gasteiger partial charge is 0.497 e. The Labute approximate surface area is 281 Å². The third-order valence-electron chi connectivity index (χ3n) is 7.82. The molecule has 12 heteroatoms. The minimum atomic E-state index is -0.231. The van der Waals surface area contributed by atoms with Crippen LogP contribution in [0, 0.1) is 0 Å². The van der Waals surface area contributed by atoms with Gasteiger partial charge in [-0.3, -0.25) is 9.59 Å². The zero-order valence-corrected chi connectivity index (χ0v) is 27.7. The lowest BCUT2D eigenvalue weighted by Crippen LogP contribution is -2.28. The standard InChI is InChI=1S/C35H34N6O4S2/c1-44-27-14-10-25(11-15-27)30-21-29(31-9-6-20-46-31)39-41(30)33(42)23-47-35-38-37-32(40(35)19-18-24-7-4-3-5-8-24)22-36-34(43)26-12-16-28(45-2)17-13-26/h3-17,20,30H,18-19,21-23H2,1-2H3,(H,36,43). The molecule has 47 heavy (non-hydrogen) atoms. The summed E-state index contributed by atoms with van der Waals surface area (Å²) in [5, 5.41) is 20.8. The molecule has 5 aromatic rings. The summed E-state index contributed by atoms with van der Waals surface area (Å²) in [5.74, 6) is 1.80. The molecule has 1 aliphatic heterocycles. The van der Waals surface area contributed by atoms with Gasteiger partial charge >= 0.3 is 0 Å². The van der Waals surface area contributed by atoms with Gasteiger partial charge < -0.3 is 19.4 Å². The molecule has 0 aliphatic carbocycles. The highest BCUT2D eigenvalue weighted by Crippen LogP contribution is 2.35. The number of aromatic nitrogens is 3. The Morgan fingerprint density at radius 2 is 1.64 bits per heavy atom. The van der Waals surface area contributed by atoms with Crippen molar-refractivity contribution in [2.45, 2.75) is 37.1 Å². The number of ether oxygens (including phenoxy) is 2. The molecule has 0 spiro atoms. The fraction of sp³-hybridized carbons (Fsp3) is 0.229. The molecule has 240 valence electrons. The van der Waals surface area contributed by atoms with Gasteiger partial charge in [0, 0.05) is 18.5 Å². The van der Waals surface area contributed by atoms with E-state index in [4.69, 9.17) is 14.6 Å². The van der Waals surface area contributed by atoms with Gasteiger partial charge in [0.25, 0.3) is 11.8 Å². The number of carbonyl (C=O) groups excluding carboxylic acids is 2. The number of thioether (sulfide) groups is 1. The number of amides is 2. The van der Waals surface area contributed by atoms with E-state index in [1.165, 1.54) is 11.8 Å². The zero-order chi connectivity index (χ0) is 32.6. The molecule has 1 unspecified atom stereocenters. The summed E-state index contributed by atoms with van der Waals surface area (Å²) in [4.78, 5) is 27.7. The molecule has 10 nitrogen and oxygen atoms in total. The van der Waals surface area contributed by atoms with Gasteiger partial charge in [0.15, 0.2) is 11.0 Å². The first kappa shape index (κ1) is 32.0. The molecular formula is C35H34N6O4S2. The van der Waals surface area contributed by atoms with Gasteiger partial charge in [0.1, 0.15) is 11.5 Å². The number of hydrazone groups is 1. The average Bonchev–Trinajstić information content (AvgIpc) is 3.90. The van der Waals surface area contributed by atoms with E-state index in [0.717, 1.165) is 33.9 Å². The highest BCUT2D eigenvalue weighted by molar-refractivity contribution is 7.99. The number of thiophene rings is 1. The molecule has 1 aliphatic rings. The van der Waals surface area contributed by atoms with Crippen LogP contribution in [0.4, 0.5) is 0 Å². The van der Waals surface area contributed by atoms with Crippen molar-refractivity contribution in [1.29, 1.82) is 0 Å². The molecule has 2 amide bonds. The molecule has 0 bridgehead atoms. The molecule has 0 saturated heterocycles. The number of benzene rings is 3. The van der Waals surface area contributed by atoms with Gasteiger partial charge in [-0.1, -0.05) is 60.3 Å². The summed E-state index contributed by atoms with van der Waals surface area (Å²) in [6.45, 7) is 0.765. The Bertz CT molecular complexity index is 1820. The Morgan fingerprint density at radius 3 is 2.32 bits per heavy atom. The number of methoxy groups -OCH3 is 2. The molecule has 1 atom stereocenters. The van der Waals surface area contributed by atoms with Gasteiger partial charge in [-0.15, -0.1) is 21.5 Å². The number of aryl methyl sites for hydroxylation is 1. The van der Waals surface area contributed by atoms with Crippen molar-refractivity contribution >= 4 is 40.6 Å². The van der Waals surface area contributed by atoms with Crippen LogP contribution in [0.15, 0.2) is 107 Å². The lowest BCUT2D eigenvalue weighted by atomic mass is 10.0. The van der Waals surface area contributed by atoms with Gasteiger partial charge in [-0.25, -0.2) is 5.01 Å². The number of carbonyl (C=O) groups is 2. The zero-order valence-electron chi connectivity index (χ0n) is 26.0. The number of rotatable bonds is 13. The maximum absolute atomic E-state index is 13.8. The molecule has 0 radical (unpaired) electrons. The highest BCUT2D eigenvalue weighted by atomic mass is 32.2. The minimum absolute atomic E-state index is 0.121. The average molecular weight is 667 g/mol. The summed E-state index contributed by atoms with van der Waals surface area (Å²) in [6, 6.07) is 28.6. The van der Waals surface area contributed by atoms with Crippen LogP contribution in [0.25, 0.3) is 0 Å². The fourth-order valence-corrected chi connectivity index (χ4v) is 6.84. The topological polar surface area (TPSA) is 111 Å².